The number of carbonyl (C=O) groups excluding carboxylic acids is 2. The maximum absolute atomic E-state index is 12.7. The number of furan rings is 1. The van der Waals surface area contributed by atoms with Gasteiger partial charge in [-0.15, -0.1) is 0 Å². The minimum absolute atomic E-state index is 0.0386. The van der Waals surface area contributed by atoms with Crippen LogP contribution in [0.15, 0.2) is 28.7 Å². The van der Waals surface area contributed by atoms with Gasteiger partial charge < -0.3 is 19.7 Å². The van der Waals surface area contributed by atoms with Crippen LogP contribution in [0, 0.1) is 10.1 Å². The van der Waals surface area contributed by atoms with Gasteiger partial charge in [-0.25, -0.2) is 4.79 Å². The zero-order chi connectivity index (χ0) is 19.4. The van der Waals surface area contributed by atoms with Crippen molar-refractivity contribution in [1.82, 2.24) is 10.2 Å². The summed E-state index contributed by atoms with van der Waals surface area (Å²) >= 11 is 0. The second-order valence-electron chi connectivity index (χ2n) is 5.59. The number of carboxylic acids is 1. The summed E-state index contributed by atoms with van der Waals surface area (Å²) in [5.74, 6) is -2.36. The van der Waals surface area contributed by atoms with Crippen molar-refractivity contribution in [3.8, 4) is 0 Å². The van der Waals surface area contributed by atoms with Crippen LogP contribution in [0.25, 0.3) is 11.0 Å². The summed E-state index contributed by atoms with van der Waals surface area (Å²) in [6.45, 7) is 2.67. The quantitative estimate of drug-likeness (QED) is 0.559. The third kappa shape index (κ3) is 4.15. The van der Waals surface area contributed by atoms with Crippen LogP contribution >= 0.6 is 0 Å². The highest BCUT2D eigenvalue weighted by Gasteiger charge is 2.28. The molecule has 0 bridgehead atoms. The molecule has 1 atom stereocenters. The molecule has 26 heavy (non-hydrogen) atoms. The predicted molar refractivity (Wildman–Crippen MR) is 89.7 cm³/mol. The number of nitro benzene ring substituents is 1. The topological polar surface area (TPSA) is 143 Å². The van der Waals surface area contributed by atoms with E-state index >= 15 is 0 Å². The van der Waals surface area contributed by atoms with Crippen LogP contribution in [-0.2, 0) is 9.59 Å². The predicted octanol–water partition coefficient (Wildman–Crippen LogP) is 1.39. The number of fused-ring (bicyclic) bond motifs is 1. The van der Waals surface area contributed by atoms with Crippen LogP contribution in [0.2, 0.25) is 0 Å². The van der Waals surface area contributed by atoms with Crippen LogP contribution in [0.5, 0.6) is 0 Å². The molecule has 0 aliphatic carbocycles. The lowest BCUT2D eigenvalue weighted by molar-refractivity contribution is -0.384. The summed E-state index contributed by atoms with van der Waals surface area (Å²) in [5, 5.41) is 22.9. The number of nitro groups is 1. The third-order valence-electron chi connectivity index (χ3n) is 3.73. The number of nitrogens with one attached hydrogen (secondary N) is 1. The van der Waals surface area contributed by atoms with Gasteiger partial charge in [0.05, 0.1) is 4.92 Å². The fourth-order valence-corrected chi connectivity index (χ4v) is 2.35. The molecular weight excluding hydrogens is 346 g/mol. The first kappa shape index (κ1) is 18.9. The highest BCUT2D eigenvalue weighted by atomic mass is 16.6. The Bertz CT molecular complexity index is 874. The smallest absolute Gasteiger partial charge is 0.326 e. The fourth-order valence-electron chi connectivity index (χ4n) is 2.35. The minimum Gasteiger partial charge on any atom is -0.480 e. The molecule has 2 rings (SSSR count). The monoisotopic (exact) mass is 363 g/mol. The Morgan fingerprint density at radius 2 is 2.04 bits per heavy atom. The number of hydrogen-bond donors (Lipinski definition) is 2. The number of benzene rings is 1. The van der Waals surface area contributed by atoms with E-state index in [9.17, 15) is 29.6 Å². The molecule has 0 saturated heterocycles. The van der Waals surface area contributed by atoms with Crippen LogP contribution in [0.1, 0.15) is 24.4 Å². The molecule has 1 aromatic carbocycles. The molecule has 138 valence electrons. The first-order valence-electron chi connectivity index (χ1n) is 7.67. The molecule has 1 aromatic heterocycles. The third-order valence-corrected chi connectivity index (χ3v) is 3.73. The van der Waals surface area contributed by atoms with Gasteiger partial charge in [0.2, 0.25) is 5.91 Å². The standard InChI is InChI=1S/C16H17N3O7/c1-9(16(22)23)18(6-5-17-10(2)20)15(21)14-8-11-7-12(19(24)25)3-4-13(11)26-14/h3-4,7-9H,5-6H2,1-2H3,(H,17,20)(H,22,23). The van der Waals surface area contributed by atoms with E-state index in [2.05, 4.69) is 5.32 Å². The largest absolute Gasteiger partial charge is 0.480 e. The van der Waals surface area contributed by atoms with Crippen molar-refractivity contribution >= 4 is 34.4 Å². The number of carboxylic acid groups (broad SMARTS) is 1. The number of rotatable bonds is 7. The number of hydrogen-bond acceptors (Lipinski definition) is 6. The SMILES string of the molecule is CC(=O)NCCN(C(=O)c1cc2cc([N+](=O)[O-])ccc2o1)C(C)C(=O)O. The molecule has 0 fully saturated rings. The molecule has 0 saturated carbocycles. The van der Waals surface area contributed by atoms with Crippen molar-refractivity contribution in [2.45, 2.75) is 19.9 Å². The summed E-state index contributed by atoms with van der Waals surface area (Å²) in [6, 6.07) is 4.04. The Hall–Kier alpha value is -3.43. The molecule has 0 radical (unpaired) electrons. The Morgan fingerprint density at radius 1 is 1.35 bits per heavy atom. The molecule has 2 aromatic rings. The lowest BCUT2D eigenvalue weighted by atomic mass is 10.2. The van der Waals surface area contributed by atoms with E-state index < -0.39 is 22.8 Å². The molecule has 10 heteroatoms. The van der Waals surface area contributed by atoms with Gasteiger partial charge in [0.15, 0.2) is 5.76 Å². The van der Waals surface area contributed by atoms with Crippen molar-refractivity contribution in [3.63, 3.8) is 0 Å². The lowest BCUT2D eigenvalue weighted by Crippen LogP contribution is -2.46. The van der Waals surface area contributed by atoms with Gasteiger partial charge in [0.25, 0.3) is 11.6 Å². The summed E-state index contributed by atoms with van der Waals surface area (Å²) in [4.78, 5) is 46.2. The maximum atomic E-state index is 12.7. The van der Waals surface area contributed by atoms with Crippen LogP contribution < -0.4 is 5.32 Å². The molecule has 0 aliphatic heterocycles. The van der Waals surface area contributed by atoms with E-state index in [0.29, 0.717) is 5.39 Å². The highest BCUT2D eigenvalue weighted by molar-refractivity contribution is 5.98. The Kier molecular flexibility index (Phi) is 5.55. The van der Waals surface area contributed by atoms with Crippen LogP contribution in [-0.4, -0.2) is 51.8 Å². The number of amides is 2. The summed E-state index contributed by atoms with van der Waals surface area (Å²) in [7, 11) is 0. The normalized spacial score (nSPS) is 11.8. The summed E-state index contributed by atoms with van der Waals surface area (Å²) < 4.78 is 5.41. The van der Waals surface area contributed by atoms with Gasteiger partial charge in [-0.1, -0.05) is 0 Å². The van der Waals surface area contributed by atoms with E-state index in [1.54, 1.807) is 0 Å². The van der Waals surface area contributed by atoms with Crippen molar-refractivity contribution in [2.24, 2.45) is 0 Å². The van der Waals surface area contributed by atoms with E-state index in [1.807, 2.05) is 0 Å². The van der Waals surface area contributed by atoms with Gasteiger partial charge in [0, 0.05) is 37.5 Å². The molecule has 10 nitrogen and oxygen atoms in total. The fraction of sp³-hybridized carbons (Fsp3) is 0.312. The van der Waals surface area contributed by atoms with Crippen molar-refractivity contribution < 1.29 is 28.8 Å². The second-order valence-corrected chi connectivity index (χ2v) is 5.59. The van der Waals surface area contributed by atoms with Crippen molar-refractivity contribution in [2.75, 3.05) is 13.1 Å². The van der Waals surface area contributed by atoms with Crippen molar-refractivity contribution in [1.29, 1.82) is 0 Å². The van der Waals surface area contributed by atoms with Gasteiger partial charge in [-0.2, -0.15) is 0 Å². The average Bonchev–Trinajstić information content (AvgIpc) is 3.00. The van der Waals surface area contributed by atoms with Crippen LogP contribution in [0.4, 0.5) is 5.69 Å². The number of carbonyl (C=O) groups is 3. The number of nitrogens with zero attached hydrogens (tertiary/aromatic N) is 2. The molecule has 0 spiro atoms. The van der Waals surface area contributed by atoms with E-state index in [1.165, 1.54) is 38.1 Å². The average molecular weight is 363 g/mol. The number of aliphatic carboxylic acids is 1. The van der Waals surface area contributed by atoms with Gasteiger partial charge in [-0.3, -0.25) is 19.7 Å². The van der Waals surface area contributed by atoms with E-state index in [-0.39, 0.29) is 36.0 Å². The van der Waals surface area contributed by atoms with E-state index in [0.717, 1.165) is 4.90 Å². The van der Waals surface area contributed by atoms with Gasteiger partial charge in [-0.05, 0) is 19.1 Å². The first-order valence-corrected chi connectivity index (χ1v) is 7.67. The molecule has 2 amide bonds. The van der Waals surface area contributed by atoms with Crippen molar-refractivity contribution in [3.05, 3.63) is 40.1 Å². The lowest BCUT2D eigenvalue weighted by Gasteiger charge is -2.25. The maximum Gasteiger partial charge on any atom is 0.326 e. The Balaban J connectivity index is 2.31. The molecular formula is C16H17N3O7. The van der Waals surface area contributed by atoms with Gasteiger partial charge >= 0.3 is 5.97 Å². The number of non-ortho nitro benzene ring substituents is 1. The summed E-state index contributed by atoms with van der Waals surface area (Å²) in [6.07, 6.45) is 0. The minimum atomic E-state index is -1.21. The Labute approximate surface area is 147 Å². The summed E-state index contributed by atoms with van der Waals surface area (Å²) in [5.41, 5.74) is 0.113. The Morgan fingerprint density at radius 3 is 2.62 bits per heavy atom. The highest BCUT2D eigenvalue weighted by Crippen LogP contribution is 2.25. The van der Waals surface area contributed by atoms with Gasteiger partial charge in [0.1, 0.15) is 11.6 Å². The van der Waals surface area contributed by atoms with E-state index in [4.69, 9.17) is 4.42 Å². The van der Waals surface area contributed by atoms with Crippen LogP contribution in [0.3, 0.4) is 0 Å². The molecule has 0 aliphatic rings. The second kappa shape index (κ2) is 7.64. The first-order chi connectivity index (χ1) is 12.2. The molecule has 1 heterocycles. The zero-order valence-electron chi connectivity index (χ0n) is 14.1. The zero-order valence-corrected chi connectivity index (χ0v) is 14.1. The molecule has 2 N–H and O–H groups in total. The molecule has 1 unspecified atom stereocenters.